The van der Waals surface area contributed by atoms with E-state index in [0.717, 1.165) is 24.1 Å². The van der Waals surface area contributed by atoms with E-state index in [9.17, 15) is 4.79 Å². The molecule has 8 heteroatoms. The SMILES string of the molecule is CCc1cccc(CC)c1-n1c(SCC(=O)Nc2cccnc2)nnc1-c1cccnc1. The number of hydrogen-bond donors (Lipinski definition) is 1. The summed E-state index contributed by atoms with van der Waals surface area (Å²) >= 11 is 1.36. The normalized spacial score (nSPS) is 10.8. The van der Waals surface area contributed by atoms with Gasteiger partial charge < -0.3 is 5.32 Å². The molecule has 0 radical (unpaired) electrons. The van der Waals surface area contributed by atoms with Gasteiger partial charge in [-0.25, -0.2) is 0 Å². The number of aromatic nitrogens is 5. The number of thioether (sulfide) groups is 1. The number of anilines is 1. The number of benzene rings is 1. The van der Waals surface area contributed by atoms with Crippen molar-refractivity contribution in [2.24, 2.45) is 0 Å². The monoisotopic (exact) mass is 444 g/mol. The molecular weight excluding hydrogens is 420 g/mol. The Balaban J connectivity index is 1.71. The number of aryl methyl sites for hydroxylation is 2. The van der Waals surface area contributed by atoms with Gasteiger partial charge in [0.05, 0.1) is 23.3 Å². The lowest BCUT2D eigenvalue weighted by Crippen LogP contribution is -2.15. The number of hydrogen-bond acceptors (Lipinski definition) is 6. The minimum Gasteiger partial charge on any atom is -0.324 e. The fourth-order valence-corrected chi connectivity index (χ4v) is 4.25. The van der Waals surface area contributed by atoms with Crippen LogP contribution in [0.1, 0.15) is 25.0 Å². The fraction of sp³-hybridized carbons (Fsp3) is 0.208. The molecule has 3 aromatic heterocycles. The number of amides is 1. The summed E-state index contributed by atoms with van der Waals surface area (Å²) < 4.78 is 2.07. The van der Waals surface area contributed by atoms with Gasteiger partial charge in [0.15, 0.2) is 11.0 Å². The van der Waals surface area contributed by atoms with Crippen LogP contribution in [0.4, 0.5) is 5.69 Å². The first-order valence-corrected chi connectivity index (χ1v) is 11.5. The van der Waals surface area contributed by atoms with Crippen LogP contribution in [-0.4, -0.2) is 36.4 Å². The maximum absolute atomic E-state index is 12.5. The average molecular weight is 445 g/mol. The first-order valence-electron chi connectivity index (χ1n) is 10.5. The number of rotatable bonds is 8. The summed E-state index contributed by atoms with van der Waals surface area (Å²) in [7, 11) is 0. The van der Waals surface area contributed by atoms with E-state index in [4.69, 9.17) is 0 Å². The van der Waals surface area contributed by atoms with Crippen LogP contribution in [0.2, 0.25) is 0 Å². The molecule has 0 atom stereocenters. The first-order chi connectivity index (χ1) is 15.7. The van der Waals surface area contributed by atoms with Crippen LogP contribution in [0.3, 0.4) is 0 Å². The van der Waals surface area contributed by atoms with Gasteiger partial charge >= 0.3 is 0 Å². The topological polar surface area (TPSA) is 85.6 Å². The van der Waals surface area contributed by atoms with Crippen molar-refractivity contribution in [3.05, 3.63) is 78.4 Å². The van der Waals surface area contributed by atoms with E-state index in [0.29, 0.717) is 16.7 Å². The molecule has 0 fully saturated rings. The van der Waals surface area contributed by atoms with Crippen LogP contribution in [0.25, 0.3) is 17.1 Å². The Bertz CT molecular complexity index is 1170. The van der Waals surface area contributed by atoms with Gasteiger partial charge in [-0.15, -0.1) is 10.2 Å². The van der Waals surface area contributed by atoms with E-state index >= 15 is 0 Å². The van der Waals surface area contributed by atoms with E-state index in [2.05, 4.69) is 62.1 Å². The van der Waals surface area contributed by atoms with Crippen molar-refractivity contribution in [2.45, 2.75) is 31.8 Å². The molecule has 0 aliphatic heterocycles. The van der Waals surface area contributed by atoms with Crippen molar-refractivity contribution >= 4 is 23.4 Å². The lowest BCUT2D eigenvalue weighted by molar-refractivity contribution is -0.113. The molecule has 3 heterocycles. The highest BCUT2D eigenvalue weighted by molar-refractivity contribution is 7.99. The molecule has 1 amide bonds. The maximum atomic E-state index is 12.5. The second-order valence-electron chi connectivity index (χ2n) is 7.09. The Hall–Kier alpha value is -3.52. The van der Waals surface area contributed by atoms with Crippen LogP contribution < -0.4 is 5.32 Å². The third-order valence-electron chi connectivity index (χ3n) is 5.02. The van der Waals surface area contributed by atoms with Gasteiger partial charge in [-0.2, -0.15) is 0 Å². The summed E-state index contributed by atoms with van der Waals surface area (Å²) in [6.07, 6.45) is 8.56. The highest BCUT2D eigenvalue weighted by Gasteiger charge is 2.21. The van der Waals surface area contributed by atoms with Crippen molar-refractivity contribution < 1.29 is 4.79 Å². The lowest BCUT2D eigenvalue weighted by Gasteiger charge is -2.17. The zero-order valence-corrected chi connectivity index (χ0v) is 18.8. The molecule has 0 saturated carbocycles. The number of nitrogens with one attached hydrogen (secondary N) is 1. The van der Waals surface area contributed by atoms with Crippen LogP contribution in [0.5, 0.6) is 0 Å². The Kier molecular flexibility index (Phi) is 6.91. The molecule has 0 bridgehead atoms. The molecule has 0 aliphatic carbocycles. The summed E-state index contributed by atoms with van der Waals surface area (Å²) in [4.78, 5) is 20.8. The van der Waals surface area contributed by atoms with Gasteiger partial charge in [0.1, 0.15) is 0 Å². The van der Waals surface area contributed by atoms with Crippen molar-refractivity contribution in [3.8, 4) is 17.1 Å². The van der Waals surface area contributed by atoms with Crippen LogP contribution in [-0.2, 0) is 17.6 Å². The van der Waals surface area contributed by atoms with Gasteiger partial charge in [0.2, 0.25) is 5.91 Å². The summed E-state index contributed by atoms with van der Waals surface area (Å²) in [5.74, 6) is 0.791. The summed E-state index contributed by atoms with van der Waals surface area (Å²) in [6.45, 7) is 4.28. The highest BCUT2D eigenvalue weighted by atomic mass is 32.2. The first kappa shape index (κ1) is 21.7. The van der Waals surface area contributed by atoms with Crippen molar-refractivity contribution in [1.29, 1.82) is 0 Å². The van der Waals surface area contributed by atoms with E-state index in [1.54, 1.807) is 30.9 Å². The van der Waals surface area contributed by atoms with E-state index in [1.165, 1.54) is 22.9 Å². The number of nitrogens with zero attached hydrogens (tertiary/aromatic N) is 5. The standard InChI is InChI=1S/C24H24N6OS/c1-3-17-8-5-9-18(4-2)22(17)30-23(19-10-6-12-25-14-19)28-29-24(30)32-16-21(31)27-20-11-7-13-26-15-20/h5-15H,3-4,16H2,1-2H3,(H,27,31). The molecule has 1 N–H and O–H groups in total. The lowest BCUT2D eigenvalue weighted by atomic mass is 10.0. The average Bonchev–Trinajstić information content (AvgIpc) is 3.26. The minimum absolute atomic E-state index is 0.125. The van der Waals surface area contributed by atoms with E-state index < -0.39 is 0 Å². The molecule has 0 spiro atoms. The molecule has 1 aromatic carbocycles. The smallest absolute Gasteiger partial charge is 0.234 e. The van der Waals surface area contributed by atoms with Crippen LogP contribution in [0.15, 0.2) is 72.4 Å². The van der Waals surface area contributed by atoms with E-state index in [1.807, 2.05) is 18.2 Å². The quantitative estimate of drug-likeness (QED) is 0.401. The highest BCUT2D eigenvalue weighted by Crippen LogP contribution is 2.32. The molecule has 32 heavy (non-hydrogen) atoms. The number of carbonyl (C=O) groups is 1. The maximum Gasteiger partial charge on any atom is 0.234 e. The molecule has 0 aliphatic rings. The van der Waals surface area contributed by atoms with Gasteiger partial charge in [0.25, 0.3) is 0 Å². The molecule has 4 aromatic rings. The van der Waals surface area contributed by atoms with Crippen molar-refractivity contribution in [2.75, 3.05) is 11.1 Å². The second-order valence-corrected chi connectivity index (χ2v) is 8.04. The van der Waals surface area contributed by atoms with Gasteiger partial charge in [-0.3, -0.25) is 19.3 Å². The number of carbonyl (C=O) groups excluding carboxylic acids is 1. The summed E-state index contributed by atoms with van der Waals surface area (Å²) in [6, 6.07) is 13.8. The zero-order chi connectivity index (χ0) is 22.3. The Morgan fingerprint density at radius 1 is 0.938 bits per heavy atom. The Labute approximate surface area is 191 Å². The fourth-order valence-electron chi connectivity index (χ4n) is 3.51. The number of para-hydroxylation sites is 1. The minimum atomic E-state index is -0.125. The van der Waals surface area contributed by atoms with E-state index in [-0.39, 0.29) is 11.7 Å². The molecular formula is C24H24N6OS. The third kappa shape index (κ3) is 4.70. The van der Waals surface area contributed by atoms with Gasteiger partial charge in [-0.05, 0) is 48.2 Å². The summed E-state index contributed by atoms with van der Waals surface area (Å²) in [5.41, 5.74) is 5.03. The summed E-state index contributed by atoms with van der Waals surface area (Å²) in [5, 5.41) is 12.5. The third-order valence-corrected chi connectivity index (χ3v) is 5.95. The Morgan fingerprint density at radius 3 is 2.28 bits per heavy atom. The molecule has 0 unspecified atom stereocenters. The van der Waals surface area contributed by atoms with Crippen LogP contribution >= 0.6 is 11.8 Å². The Morgan fingerprint density at radius 2 is 1.66 bits per heavy atom. The van der Waals surface area contributed by atoms with Gasteiger partial charge in [0, 0.05) is 24.2 Å². The predicted molar refractivity (Wildman–Crippen MR) is 127 cm³/mol. The van der Waals surface area contributed by atoms with Crippen LogP contribution in [0, 0.1) is 0 Å². The number of pyridine rings is 2. The molecule has 7 nitrogen and oxygen atoms in total. The van der Waals surface area contributed by atoms with Crippen molar-refractivity contribution in [1.82, 2.24) is 24.7 Å². The predicted octanol–water partition coefficient (Wildman–Crippen LogP) is 4.58. The second kappa shape index (κ2) is 10.2. The van der Waals surface area contributed by atoms with Crippen molar-refractivity contribution in [3.63, 3.8) is 0 Å². The molecule has 162 valence electrons. The van der Waals surface area contributed by atoms with Gasteiger partial charge in [-0.1, -0.05) is 43.8 Å². The largest absolute Gasteiger partial charge is 0.324 e. The molecule has 0 saturated heterocycles. The molecule has 4 rings (SSSR count). The zero-order valence-electron chi connectivity index (χ0n) is 18.0.